The molecule has 30 heavy (non-hydrogen) atoms. The molecule has 9 heteroatoms. The molecule has 0 atom stereocenters. The van der Waals surface area contributed by atoms with Crippen LogP contribution in [0.25, 0.3) is 10.9 Å². The molecule has 0 bridgehead atoms. The molecule has 0 aliphatic rings. The minimum Gasteiger partial charge on any atom is -0.332 e. The van der Waals surface area contributed by atoms with Gasteiger partial charge in [-0.05, 0) is 61.5 Å². The summed E-state index contributed by atoms with van der Waals surface area (Å²) in [7, 11) is 0. The van der Waals surface area contributed by atoms with Crippen molar-refractivity contribution in [3.8, 4) is 0 Å². The Morgan fingerprint density at radius 1 is 1.00 bits per heavy atom. The number of hydrogen-bond donors (Lipinski definition) is 3. The lowest BCUT2D eigenvalue weighted by molar-refractivity contribution is -0.122. The van der Waals surface area contributed by atoms with E-state index in [1.807, 2.05) is 18.2 Å². The second-order valence-electron chi connectivity index (χ2n) is 6.75. The normalized spacial score (nSPS) is 10.7. The molecule has 2 aromatic carbocycles. The molecule has 2 amide bonds. The third kappa shape index (κ3) is 5.55. The van der Waals surface area contributed by atoms with E-state index in [-0.39, 0.29) is 17.9 Å². The predicted molar refractivity (Wildman–Crippen MR) is 119 cm³/mol. The molecule has 7 nitrogen and oxygen atoms in total. The van der Waals surface area contributed by atoms with E-state index in [4.69, 9.17) is 23.8 Å². The van der Waals surface area contributed by atoms with Crippen molar-refractivity contribution in [2.75, 3.05) is 0 Å². The number of hydrazine groups is 1. The summed E-state index contributed by atoms with van der Waals surface area (Å²) in [6.45, 7) is 0.480. The van der Waals surface area contributed by atoms with E-state index < -0.39 is 5.91 Å². The summed E-state index contributed by atoms with van der Waals surface area (Å²) in [5.41, 5.74) is 5.78. The molecular formula is C21H21ClN4O3S. The van der Waals surface area contributed by atoms with Gasteiger partial charge in [0.25, 0.3) is 11.5 Å². The van der Waals surface area contributed by atoms with Gasteiger partial charge in [0.1, 0.15) is 0 Å². The van der Waals surface area contributed by atoms with Crippen LogP contribution in [0.4, 0.5) is 0 Å². The van der Waals surface area contributed by atoms with Gasteiger partial charge in [-0.15, -0.1) is 0 Å². The Bertz CT molecular complexity index is 1170. The summed E-state index contributed by atoms with van der Waals surface area (Å²) in [6, 6.07) is 13.6. The number of H-pyrrole nitrogens is 1. The number of aromatic nitrogens is 2. The number of carbonyl (C=O) groups excluding carboxylic acids is 2. The smallest absolute Gasteiger partial charge is 0.269 e. The standard InChI is InChI=1S/C21H21ClN4O3S/c22-15-11-9-14(10-12-15)19(28)25-24-18(27)8-2-1-5-13-26-20(29)16-6-3-4-7-17(16)23-21(26)30/h3-4,6-7,9-12H,1-2,5,8,13H2,(H,23,30)(H,24,27)(H,25,28). The molecule has 156 valence electrons. The molecule has 1 aromatic heterocycles. The van der Waals surface area contributed by atoms with Crippen LogP contribution < -0.4 is 16.4 Å². The Labute approximate surface area is 183 Å². The van der Waals surface area contributed by atoms with Gasteiger partial charge in [0.2, 0.25) is 5.91 Å². The first-order chi connectivity index (χ1) is 14.5. The fraction of sp³-hybridized carbons (Fsp3) is 0.238. The highest BCUT2D eigenvalue weighted by atomic mass is 35.5. The van der Waals surface area contributed by atoms with Gasteiger partial charge in [-0.1, -0.05) is 30.2 Å². The first-order valence-corrected chi connectivity index (χ1v) is 10.3. The van der Waals surface area contributed by atoms with Gasteiger partial charge in [-0.3, -0.25) is 29.8 Å². The first kappa shape index (κ1) is 21.7. The largest absolute Gasteiger partial charge is 0.332 e. The number of halogens is 1. The summed E-state index contributed by atoms with van der Waals surface area (Å²) in [5, 5.41) is 1.13. The number of para-hydroxylation sites is 1. The fourth-order valence-electron chi connectivity index (χ4n) is 3.00. The van der Waals surface area contributed by atoms with Crippen molar-refractivity contribution in [3.63, 3.8) is 0 Å². The quantitative estimate of drug-likeness (QED) is 0.294. The van der Waals surface area contributed by atoms with Crippen molar-refractivity contribution in [2.45, 2.75) is 32.2 Å². The molecular weight excluding hydrogens is 424 g/mol. The molecule has 0 saturated heterocycles. The molecule has 0 aliphatic heterocycles. The van der Waals surface area contributed by atoms with Crippen molar-refractivity contribution >= 4 is 46.5 Å². The van der Waals surface area contributed by atoms with E-state index in [0.717, 1.165) is 11.9 Å². The van der Waals surface area contributed by atoms with Crippen molar-refractivity contribution in [3.05, 3.63) is 74.2 Å². The maximum Gasteiger partial charge on any atom is 0.269 e. The van der Waals surface area contributed by atoms with Crippen LogP contribution in [-0.2, 0) is 11.3 Å². The summed E-state index contributed by atoms with van der Waals surface area (Å²) in [4.78, 5) is 39.5. The van der Waals surface area contributed by atoms with Gasteiger partial charge in [-0.2, -0.15) is 0 Å². The number of nitrogens with one attached hydrogen (secondary N) is 3. The molecule has 0 spiro atoms. The van der Waals surface area contributed by atoms with Crippen LogP contribution in [-0.4, -0.2) is 21.4 Å². The van der Waals surface area contributed by atoms with Crippen LogP contribution in [0.15, 0.2) is 53.3 Å². The topological polar surface area (TPSA) is 96.0 Å². The maximum atomic E-state index is 12.6. The second kappa shape index (κ2) is 10.2. The highest BCUT2D eigenvalue weighted by molar-refractivity contribution is 7.71. The monoisotopic (exact) mass is 444 g/mol. The zero-order chi connectivity index (χ0) is 21.5. The number of aromatic amines is 1. The van der Waals surface area contributed by atoms with Gasteiger partial charge in [0, 0.05) is 23.6 Å². The number of carbonyl (C=O) groups is 2. The van der Waals surface area contributed by atoms with Gasteiger partial charge >= 0.3 is 0 Å². The minimum atomic E-state index is -0.412. The van der Waals surface area contributed by atoms with Gasteiger partial charge in [-0.25, -0.2) is 0 Å². The Balaban J connectivity index is 1.41. The highest BCUT2D eigenvalue weighted by Crippen LogP contribution is 2.09. The Morgan fingerprint density at radius 3 is 2.50 bits per heavy atom. The maximum absolute atomic E-state index is 12.6. The third-order valence-electron chi connectivity index (χ3n) is 4.60. The molecule has 0 saturated carbocycles. The molecule has 3 aromatic rings. The Morgan fingerprint density at radius 2 is 1.73 bits per heavy atom. The number of amides is 2. The van der Waals surface area contributed by atoms with E-state index in [1.54, 1.807) is 34.9 Å². The number of rotatable bonds is 7. The first-order valence-electron chi connectivity index (χ1n) is 9.52. The number of fused-ring (bicyclic) bond motifs is 1. The highest BCUT2D eigenvalue weighted by Gasteiger charge is 2.08. The van der Waals surface area contributed by atoms with Crippen LogP contribution in [0.3, 0.4) is 0 Å². The Hall–Kier alpha value is -2.97. The van der Waals surface area contributed by atoms with Crippen molar-refractivity contribution in [1.29, 1.82) is 0 Å². The molecule has 3 rings (SSSR count). The lowest BCUT2D eigenvalue weighted by Crippen LogP contribution is -2.41. The average Bonchev–Trinajstić information content (AvgIpc) is 2.74. The number of benzene rings is 2. The van der Waals surface area contributed by atoms with Crippen molar-refractivity contribution in [2.24, 2.45) is 0 Å². The van der Waals surface area contributed by atoms with Gasteiger partial charge in [0.05, 0.1) is 10.9 Å². The van der Waals surface area contributed by atoms with Crippen LogP contribution in [0.2, 0.25) is 5.02 Å². The molecule has 0 aliphatic carbocycles. The molecule has 0 fully saturated rings. The average molecular weight is 445 g/mol. The van der Waals surface area contributed by atoms with E-state index in [2.05, 4.69) is 15.8 Å². The van der Waals surface area contributed by atoms with Crippen LogP contribution in [0.1, 0.15) is 36.0 Å². The van der Waals surface area contributed by atoms with E-state index in [0.29, 0.717) is 40.1 Å². The van der Waals surface area contributed by atoms with E-state index in [9.17, 15) is 14.4 Å². The molecule has 0 unspecified atom stereocenters. The van der Waals surface area contributed by atoms with Crippen LogP contribution in [0.5, 0.6) is 0 Å². The second-order valence-corrected chi connectivity index (χ2v) is 7.58. The minimum absolute atomic E-state index is 0.114. The zero-order valence-corrected chi connectivity index (χ0v) is 17.7. The summed E-state index contributed by atoms with van der Waals surface area (Å²) in [5.74, 6) is -0.692. The SMILES string of the molecule is O=C(CCCCCn1c(=S)[nH]c2ccccc2c1=O)NNC(=O)c1ccc(Cl)cc1. The number of unbranched alkanes of at least 4 members (excludes halogenated alkanes) is 2. The van der Waals surface area contributed by atoms with E-state index in [1.165, 1.54) is 0 Å². The Kier molecular flexibility index (Phi) is 7.37. The van der Waals surface area contributed by atoms with E-state index >= 15 is 0 Å². The molecule has 3 N–H and O–H groups in total. The van der Waals surface area contributed by atoms with Gasteiger partial charge in [0.15, 0.2) is 4.77 Å². The summed E-state index contributed by atoms with van der Waals surface area (Å²) < 4.78 is 1.94. The van der Waals surface area contributed by atoms with Crippen LogP contribution in [0, 0.1) is 4.77 Å². The molecule has 1 heterocycles. The lowest BCUT2D eigenvalue weighted by Gasteiger charge is -2.09. The summed E-state index contributed by atoms with van der Waals surface area (Å²) in [6.07, 6.45) is 2.34. The zero-order valence-electron chi connectivity index (χ0n) is 16.1. The van der Waals surface area contributed by atoms with Crippen molar-refractivity contribution in [1.82, 2.24) is 20.4 Å². The van der Waals surface area contributed by atoms with Crippen LogP contribution >= 0.6 is 23.8 Å². The number of nitrogens with zero attached hydrogens (tertiary/aromatic N) is 1. The lowest BCUT2D eigenvalue weighted by atomic mass is 10.2. The fourth-order valence-corrected chi connectivity index (χ4v) is 3.41. The third-order valence-corrected chi connectivity index (χ3v) is 5.17. The van der Waals surface area contributed by atoms with Crippen molar-refractivity contribution < 1.29 is 9.59 Å². The predicted octanol–water partition coefficient (Wildman–Crippen LogP) is 3.73. The van der Waals surface area contributed by atoms with Gasteiger partial charge < -0.3 is 4.98 Å². The molecule has 0 radical (unpaired) electrons. The summed E-state index contributed by atoms with van der Waals surface area (Å²) >= 11 is 11.1. The number of hydrogen-bond acceptors (Lipinski definition) is 4.